The molecule has 0 radical (unpaired) electrons. The molecular weight excluding hydrogens is 266 g/mol. The van der Waals surface area contributed by atoms with Gasteiger partial charge in [-0.1, -0.05) is 22.0 Å². The van der Waals surface area contributed by atoms with E-state index < -0.39 is 0 Å². The molecule has 0 saturated heterocycles. The van der Waals surface area contributed by atoms with Crippen LogP contribution in [0.1, 0.15) is 5.56 Å². The molecule has 68 valence electrons. The second-order valence-electron chi connectivity index (χ2n) is 2.77. The van der Waals surface area contributed by atoms with Crippen LogP contribution in [0.4, 0.5) is 5.00 Å². The first-order chi connectivity index (χ1) is 6.22. The van der Waals surface area contributed by atoms with Gasteiger partial charge in [-0.05, 0) is 17.7 Å². The van der Waals surface area contributed by atoms with Gasteiger partial charge in [0, 0.05) is 20.3 Å². The van der Waals surface area contributed by atoms with E-state index in [2.05, 4.69) is 40.7 Å². The van der Waals surface area contributed by atoms with E-state index in [1.807, 2.05) is 6.07 Å². The van der Waals surface area contributed by atoms with Crippen molar-refractivity contribution in [1.29, 1.82) is 0 Å². The molecule has 1 aromatic carbocycles. The van der Waals surface area contributed by atoms with Crippen LogP contribution >= 0.6 is 39.9 Å². The number of alkyl halides is 1. The van der Waals surface area contributed by atoms with Crippen LogP contribution in [0.25, 0.3) is 10.1 Å². The van der Waals surface area contributed by atoms with Crippen molar-refractivity contribution in [2.75, 3.05) is 5.73 Å². The van der Waals surface area contributed by atoms with Gasteiger partial charge in [0.05, 0.1) is 5.00 Å². The van der Waals surface area contributed by atoms with Gasteiger partial charge in [-0.15, -0.1) is 24.0 Å². The summed E-state index contributed by atoms with van der Waals surface area (Å²) in [4.78, 5) is 1.03. The molecule has 1 nitrogen and oxygen atoms in total. The number of thiophene rings is 1. The Hall–Kier alpha value is -0.190. The van der Waals surface area contributed by atoms with Gasteiger partial charge in [-0.25, -0.2) is 0 Å². The molecule has 0 aliphatic heterocycles. The number of anilines is 1. The molecule has 0 spiro atoms. The minimum absolute atomic E-state index is 0.831. The maximum absolute atomic E-state index is 5.72. The monoisotopic (exact) mass is 273 g/mol. The van der Waals surface area contributed by atoms with E-state index in [1.165, 1.54) is 10.3 Å². The third-order valence-electron chi connectivity index (χ3n) is 1.92. The molecule has 2 aromatic rings. The number of nitrogens with two attached hydrogens (primary N) is 1. The summed E-state index contributed by atoms with van der Waals surface area (Å²) in [7, 11) is 0. The van der Waals surface area contributed by atoms with Gasteiger partial charge < -0.3 is 5.73 Å². The number of benzene rings is 1. The molecule has 0 amide bonds. The fraction of sp³-hybridized carbons (Fsp3) is 0.111. The van der Waals surface area contributed by atoms with Gasteiger partial charge in [-0.2, -0.15) is 0 Å². The zero-order valence-corrected chi connectivity index (χ0v) is 10.0. The molecule has 1 aromatic heterocycles. The Morgan fingerprint density at radius 3 is 2.92 bits per heavy atom. The fourth-order valence-corrected chi connectivity index (χ4v) is 3.21. The van der Waals surface area contributed by atoms with Gasteiger partial charge >= 0.3 is 0 Å². The highest BCUT2D eigenvalue weighted by atomic mass is 79.9. The second kappa shape index (κ2) is 3.52. The van der Waals surface area contributed by atoms with E-state index in [-0.39, 0.29) is 0 Å². The first-order valence-electron chi connectivity index (χ1n) is 3.78. The Balaban J connectivity index is 2.78. The van der Waals surface area contributed by atoms with Crippen molar-refractivity contribution >= 4 is 55.0 Å². The summed E-state index contributed by atoms with van der Waals surface area (Å²) in [6.07, 6.45) is 0. The minimum atomic E-state index is 0.831. The highest BCUT2D eigenvalue weighted by Crippen LogP contribution is 2.34. The summed E-state index contributed by atoms with van der Waals surface area (Å²) < 4.78 is 1.20. The summed E-state index contributed by atoms with van der Waals surface area (Å²) in [5.41, 5.74) is 6.93. The van der Waals surface area contributed by atoms with Crippen LogP contribution in [0.3, 0.4) is 0 Å². The summed E-state index contributed by atoms with van der Waals surface area (Å²) >= 11 is 9.50. The van der Waals surface area contributed by atoms with E-state index in [1.54, 1.807) is 11.3 Å². The Morgan fingerprint density at radius 2 is 2.23 bits per heavy atom. The minimum Gasteiger partial charge on any atom is -0.391 e. The molecule has 1 heterocycles. The second-order valence-corrected chi connectivity index (χ2v) is 4.89. The van der Waals surface area contributed by atoms with Crippen molar-refractivity contribution in [2.24, 2.45) is 0 Å². The van der Waals surface area contributed by atoms with Crippen molar-refractivity contribution in [3.05, 3.63) is 23.8 Å². The Labute approximate surface area is 94.5 Å². The number of hydrogen-bond acceptors (Lipinski definition) is 3. The largest absolute Gasteiger partial charge is 0.391 e. The number of rotatable bonds is 1. The summed E-state index contributed by atoms with van der Waals surface area (Å²) in [5.74, 6) is 0. The van der Waals surface area contributed by atoms with Crippen LogP contribution < -0.4 is 5.73 Å². The van der Waals surface area contributed by atoms with Crippen LogP contribution in [0, 0.1) is 0 Å². The third kappa shape index (κ3) is 1.58. The smallest absolute Gasteiger partial charge is 0.0869 e. The van der Waals surface area contributed by atoms with Crippen LogP contribution in [-0.4, -0.2) is 0 Å². The van der Waals surface area contributed by atoms with E-state index in [0.29, 0.717) is 0 Å². The fourth-order valence-electron chi connectivity index (χ4n) is 1.27. The molecule has 2 N–H and O–H groups in total. The molecule has 2 rings (SSSR count). The lowest BCUT2D eigenvalue weighted by atomic mass is 10.2. The molecule has 0 fully saturated rings. The molecule has 13 heavy (non-hydrogen) atoms. The van der Waals surface area contributed by atoms with Gasteiger partial charge in [0.15, 0.2) is 0 Å². The average molecular weight is 274 g/mol. The third-order valence-corrected chi connectivity index (χ3v) is 3.98. The van der Waals surface area contributed by atoms with Crippen molar-refractivity contribution in [1.82, 2.24) is 0 Å². The number of halogens is 1. The van der Waals surface area contributed by atoms with Gasteiger partial charge in [0.25, 0.3) is 0 Å². The lowest BCUT2D eigenvalue weighted by molar-refractivity contribution is 1.34. The van der Waals surface area contributed by atoms with Crippen LogP contribution in [-0.2, 0) is 5.33 Å². The zero-order chi connectivity index (χ0) is 9.42. The number of nitrogen functional groups attached to an aromatic ring is 1. The predicted octanol–water partition coefficient (Wildman–Crippen LogP) is 3.67. The zero-order valence-electron chi connectivity index (χ0n) is 6.75. The number of fused-ring (bicyclic) bond motifs is 1. The van der Waals surface area contributed by atoms with Crippen molar-refractivity contribution in [2.45, 2.75) is 10.2 Å². The molecular formula is C9H8BrNS2. The molecule has 0 bridgehead atoms. The SMILES string of the molecule is Nc1cc2c(S)c(CBr)ccc2s1. The quantitative estimate of drug-likeness (QED) is 0.602. The Kier molecular flexibility index (Phi) is 2.53. The van der Waals surface area contributed by atoms with E-state index in [9.17, 15) is 0 Å². The summed E-state index contributed by atoms with van der Waals surface area (Å²) in [5, 5.41) is 2.83. The van der Waals surface area contributed by atoms with Crippen LogP contribution in [0.5, 0.6) is 0 Å². The molecule has 0 aliphatic rings. The first-order valence-corrected chi connectivity index (χ1v) is 6.16. The maximum atomic E-state index is 5.72. The maximum Gasteiger partial charge on any atom is 0.0869 e. The molecule has 0 atom stereocenters. The molecule has 4 heteroatoms. The van der Waals surface area contributed by atoms with Gasteiger partial charge in [0.2, 0.25) is 0 Å². The van der Waals surface area contributed by atoms with E-state index in [4.69, 9.17) is 5.73 Å². The normalized spacial score (nSPS) is 10.9. The lowest BCUT2D eigenvalue weighted by Gasteiger charge is -2.01. The lowest BCUT2D eigenvalue weighted by Crippen LogP contribution is -1.80. The first kappa shape index (κ1) is 9.37. The Bertz CT molecular complexity index is 450. The van der Waals surface area contributed by atoms with Crippen molar-refractivity contribution in [3.8, 4) is 0 Å². The van der Waals surface area contributed by atoms with E-state index >= 15 is 0 Å². The standard InChI is InChI=1S/C9H8BrNS2/c10-4-5-1-2-7-6(9(5)12)3-8(11)13-7/h1-3,12H,4,11H2. The predicted molar refractivity (Wildman–Crippen MR) is 66.1 cm³/mol. The Morgan fingerprint density at radius 1 is 1.46 bits per heavy atom. The molecule has 0 saturated carbocycles. The average Bonchev–Trinajstić information content (AvgIpc) is 2.47. The molecule has 0 aliphatic carbocycles. The highest BCUT2D eigenvalue weighted by Gasteiger charge is 2.05. The van der Waals surface area contributed by atoms with Gasteiger partial charge in [-0.3, -0.25) is 0 Å². The van der Waals surface area contributed by atoms with Crippen molar-refractivity contribution in [3.63, 3.8) is 0 Å². The van der Waals surface area contributed by atoms with E-state index in [0.717, 1.165) is 20.6 Å². The van der Waals surface area contributed by atoms with Crippen LogP contribution in [0.15, 0.2) is 23.1 Å². The van der Waals surface area contributed by atoms with Crippen LogP contribution in [0.2, 0.25) is 0 Å². The number of hydrogen-bond donors (Lipinski definition) is 2. The van der Waals surface area contributed by atoms with Gasteiger partial charge in [0.1, 0.15) is 0 Å². The molecule has 0 unspecified atom stereocenters. The highest BCUT2D eigenvalue weighted by molar-refractivity contribution is 9.08. The van der Waals surface area contributed by atoms with Crippen molar-refractivity contribution < 1.29 is 0 Å². The summed E-state index contributed by atoms with van der Waals surface area (Å²) in [6.45, 7) is 0. The summed E-state index contributed by atoms with van der Waals surface area (Å²) in [6, 6.07) is 6.15. The number of thiol groups is 1. The topological polar surface area (TPSA) is 26.0 Å².